The second kappa shape index (κ2) is 6.88. The van der Waals surface area contributed by atoms with Crippen molar-refractivity contribution in [2.45, 2.75) is 12.5 Å². The molecular weight excluding hydrogens is 328 g/mol. The van der Waals surface area contributed by atoms with Crippen LogP contribution in [0.3, 0.4) is 0 Å². The maximum Gasteiger partial charge on any atom is 0.251 e. The lowest BCUT2D eigenvalue weighted by molar-refractivity contribution is 0.0938. The van der Waals surface area contributed by atoms with Crippen LogP contribution in [0.25, 0.3) is 0 Å². The van der Waals surface area contributed by atoms with Crippen molar-refractivity contribution in [1.29, 1.82) is 0 Å². The summed E-state index contributed by atoms with van der Waals surface area (Å²) in [6, 6.07) is 9.36. The molecule has 1 aliphatic rings. The van der Waals surface area contributed by atoms with Gasteiger partial charge < -0.3 is 16.0 Å². The Kier molecular flexibility index (Phi) is 4.65. The molecule has 1 aliphatic heterocycles. The monoisotopic (exact) mass is 345 g/mol. The van der Waals surface area contributed by atoms with Gasteiger partial charge in [-0.15, -0.1) is 0 Å². The number of carbonyl (C=O) groups excluding carboxylic acids is 2. The van der Waals surface area contributed by atoms with E-state index in [1.165, 1.54) is 36.4 Å². The molecule has 5 nitrogen and oxygen atoms in total. The number of amides is 2. The number of hydrogen-bond acceptors (Lipinski definition) is 3. The van der Waals surface area contributed by atoms with Gasteiger partial charge in [0.05, 0.1) is 5.69 Å². The molecular formula is C18H17F2N3O2. The molecule has 2 aromatic carbocycles. The molecule has 7 heteroatoms. The Morgan fingerprint density at radius 2 is 1.76 bits per heavy atom. The number of hydrogen-bond donors (Lipinski definition) is 2. The second-order valence-corrected chi connectivity index (χ2v) is 5.94. The van der Waals surface area contributed by atoms with Crippen molar-refractivity contribution in [3.63, 3.8) is 0 Å². The van der Waals surface area contributed by atoms with Crippen molar-refractivity contribution in [1.82, 2.24) is 5.32 Å². The van der Waals surface area contributed by atoms with E-state index in [9.17, 15) is 18.4 Å². The number of nitrogens with one attached hydrogen (secondary N) is 1. The third-order valence-electron chi connectivity index (χ3n) is 4.21. The van der Waals surface area contributed by atoms with Gasteiger partial charge >= 0.3 is 0 Å². The fourth-order valence-corrected chi connectivity index (χ4v) is 2.89. The zero-order chi connectivity index (χ0) is 18.0. The van der Waals surface area contributed by atoms with Crippen LogP contribution in [0.2, 0.25) is 0 Å². The van der Waals surface area contributed by atoms with Crippen LogP contribution in [0.15, 0.2) is 42.5 Å². The molecule has 3 N–H and O–H groups in total. The number of anilines is 1. The largest absolute Gasteiger partial charge is 0.367 e. The van der Waals surface area contributed by atoms with E-state index in [4.69, 9.17) is 5.73 Å². The summed E-state index contributed by atoms with van der Waals surface area (Å²) < 4.78 is 26.9. The lowest BCUT2D eigenvalue weighted by atomic mass is 10.1. The van der Waals surface area contributed by atoms with Crippen molar-refractivity contribution in [2.75, 3.05) is 18.0 Å². The van der Waals surface area contributed by atoms with E-state index in [0.29, 0.717) is 36.3 Å². The van der Waals surface area contributed by atoms with Gasteiger partial charge in [0.2, 0.25) is 5.91 Å². The Morgan fingerprint density at radius 3 is 2.40 bits per heavy atom. The molecule has 3 rings (SSSR count). The van der Waals surface area contributed by atoms with Crippen molar-refractivity contribution < 1.29 is 18.4 Å². The summed E-state index contributed by atoms with van der Waals surface area (Å²) in [6.45, 7) is 1.00. The van der Waals surface area contributed by atoms with E-state index in [2.05, 4.69) is 5.32 Å². The molecule has 0 aliphatic carbocycles. The summed E-state index contributed by atoms with van der Waals surface area (Å²) in [7, 11) is 0. The van der Waals surface area contributed by atoms with Crippen molar-refractivity contribution in [3.05, 3.63) is 65.2 Å². The minimum absolute atomic E-state index is 0.146. The number of nitrogens with two attached hydrogens (primary N) is 1. The Labute approximate surface area is 143 Å². The fourth-order valence-electron chi connectivity index (χ4n) is 2.89. The van der Waals surface area contributed by atoms with Gasteiger partial charge in [0.15, 0.2) is 0 Å². The predicted octanol–water partition coefficient (Wildman–Crippen LogP) is 2.07. The zero-order valence-corrected chi connectivity index (χ0v) is 13.3. The third kappa shape index (κ3) is 3.76. The Balaban J connectivity index is 1.62. The molecule has 1 heterocycles. The Hall–Kier alpha value is -2.96. The van der Waals surface area contributed by atoms with E-state index in [1.54, 1.807) is 4.90 Å². The molecule has 0 radical (unpaired) electrons. The highest BCUT2D eigenvalue weighted by Crippen LogP contribution is 2.24. The number of halogens is 2. The highest BCUT2D eigenvalue weighted by atomic mass is 19.1. The van der Waals surface area contributed by atoms with Crippen LogP contribution in [0.1, 0.15) is 27.1 Å². The van der Waals surface area contributed by atoms with Gasteiger partial charge in [-0.3, -0.25) is 9.59 Å². The van der Waals surface area contributed by atoms with Crippen LogP contribution < -0.4 is 16.0 Å². The first-order valence-corrected chi connectivity index (χ1v) is 7.85. The molecule has 0 saturated carbocycles. The van der Waals surface area contributed by atoms with Crippen LogP contribution in [0.4, 0.5) is 14.5 Å². The van der Waals surface area contributed by atoms with Gasteiger partial charge in [-0.25, -0.2) is 8.78 Å². The summed E-state index contributed by atoms with van der Waals surface area (Å²) in [5, 5.41) is 2.88. The first-order valence-electron chi connectivity index (χ1n) is 7.85. The van der Waals surface area contributed by atoms with Crippen LogP contribution in [0.5, 0.6) is 0 Å². The lowest BCUT2D eigenvalue weighted by Gasteiger charge is -2.19. The average molecular weight is 345 g/mol. The third-order valence-corrected chi connectivity index (χ3v) is 4.21. The first-order chi connectivity index (χ1) is 11.9. The predicted molar refractivity (Wildman–Crippen MR) is 89.4 cm³/mol. The molecule has 2 amide bonds. The van der Waals surface area contributed by atoms with Crippen LogP contribution in [-0.2, 0) is 0 Å². The number of carbonyl (C=O) groups is 2. The second-order valence-electron chi connectivity index (χ2n) is 5.94. The minimum Gasteiger partial charge on any atom is -0.367 e. The van der Waals surface area contributed by atoms with E-state index in [1.807, 2.05) is 0 Å². The van der Waals surface area contributed by atoms with E-state index in [0.717, 1.165) is 6.07 Å². The summed E-state index contributed by atoms with van der Waals surface area (Å²) >= 11 is 0. The molecule has 1 atom stereocenters. The molecule has 0 aromatic heterocycles. The highest BCUT2D eigenvalue weighted by Gasteiger charge is 2.26. The standard InChI is InChI=1S/C18H17F2N3O2/c19-13-5-6-16(15(20)9-13)23-8-7-14(10-23)22-18(25)12-3-1-11(2-4-12)17(21)24/h1-6,9,14H,7-8,10H2,(H2,21,24)(H,22,25)/t14-/m0/s1. The smallest absolute Gasteiger partial charge is 0.251 e. The van der Waals surface area contributed by atoms with E-state index in [-0.39, 0.29) is 11.9 Å². The molecule has 2 aromatic rings. The van der Waals surface area contributed by atoms with E-state index < -0.39 is 17.5 Å². The quantitative estimate of drug-likeness (QED) is 0.891. The zero-order valence-electron chi connectivity index (χ0n) is 13.3. The number of rotatable bonds is 4. The molecule has 1 fully saturated rings. The Morgan fingerprint density at radius 1 is 1.08 bits per heavy atom. The maximum atomic E-state index is 13.9. The van der Waals surface area contributed by atoms with Crippen LogP contribution >= 0.6 is 0 Å². The van der Waals surface area contributed by atoms with Crippen LogP contribution in [0, 0.1) is 11.6 Å². The summed E-state index contributed by atoms with van der Waals surface area (Å²) in [4.78, 5) is 25.1. The van der Waals surface area contributed by atoms with Gasteiger partial charge in [0, 0.05) is 36.3 Å². The maximum absolute atomic E-state index is 13.9. The summed E-state index contributed by atoms with van der Waals surface area (Å²) in [5.74, 6) is -2.07. The Bertz CT molecular complexity index is 808. The fraction of sp³-hybridized carbons (Fsp3) is 0.222. The van der Waals surface area contributed by atoms with Gasteiger partial charge in [-0.2, -0.15) is 0 Å². The summed E-state index contributed by atoms with van der Waals surface area (Å²) in [6.07, 6.45) is 0.655. The van der Waals surface area contributed by atoms with Gasteiger partial charge in [-0.1, -0.05) is 0 Å². The van der Waals surface area contributed by atoms with Crippen LogP contribution in [-0.4, -0.2) is 30.9 Å². The molecule has 0 bridgehead atoms. The van der Waals surface area contributed by atoms with Gasteiger partial charge in [0.25, 0.3) is 5.91 Å². The minimum atomic E-state index is -0.621. The molecule has 0 unspecified atom stereocenters. The number of nitrogens with zero attached hydrogens (tertiary/aromatic N) is 1. The van der Waals surface area contributed by atoms with Crippen molar-refractivity contribution in [3.8, 4) is 0 Å². The first kappa shape index (κ1) is 16.9. The van der Waals surface area contributed by atoms with Crippen molar-refractivity contribution in [2.24, 2.45) is 5.73 Å². The van der Waals surface area contributed by atoms with Crippen molar-refractivity contribution >= 4 is 17.5 Å². The lowest BCUT2D eigenvalue weighted by Crippen LogP contribution is -2.37. The number of primary amides is 1. The van der Waals surface area contributed by atoms with Gasteiger partial charge in [-0.05, 0) is 42.8 Å². The highest BCUT2D eigenvalue weighted by molar-refractivity contribution is 5.97. The SMILES string of the molecule is NC(=O)c1ccc(C(=O)N[C@H]2CCN(c3ccc(F)cc3F)C2)cc1. The molecule has 130 valence electrons. The average Bonchev–Trinajstić information content (AvgIpc) is 3.03. The summed E-state index contributed by atoms with van der Waals surface area (Å²) in [5.41, 5.74) is 6.23. The topological polar surface area (TPSA) is 75.4 Å². The molecule has 25 heavy (non-hydrogen) atoms. The van der Waals surface area contributed by atoms with Gasteiger partial charge in [0.1, 0.15) is 11.6 Å². The molecule has 1 saturated heterocycles. The molecule has 0 spiro atoms. The normalized spacial score (nSPS) is 16.7. The van der Waals surface area contributed by atoms with E-state index >= 15 is 0 Å². The number of benzene rings is 2.